The van der Waals surface area contributed by atoms with E-state index in [4.69, 9.17) is 4.74 Å². The molecule has 0 saturated heterocycles. The van der Waals surface area contributed by atoms with Gasteiger partial charge in [0.05, 0.1) is 12.7 Å². The van der Waals surface area contributed by atoms with Crippen LogP contribution in [0.3, 0.4) is 0 Å². The van der Waals surface area contributed by atoms with E-state index in [0.717, 1.165) is 25.4 Å². The van der Waals surface area contributed by atoms with Gasteiger partial charge in [-0.2, -0.15) is 0 Å². The molecule has 90 valence electrons. The Labute approximate surface area is 101 Å². The maximum atomic E-state index is 5.77. The number of hydrogen-bond acceptors (Lipinski definition) is 4. The smallest absolute Gasteiger partial charge is 0.107 e. The van der Waals surface area contributed by atoms with Crippen molar-refractivity contribution in [1.29, 1.82) is 0 Å². The summed E-state index contributed by atoms with van der Waals surface area (Å²) in [6.07, 6.45) is 5.73. The van der Waals surface area contributed by atoms with Gasteiger partial charge in [-0.3, -0.25) is 0 Å². The molecule has 1 saturated carbocycles. The average molecular weight is 240 g/mol. The maximum absolute atomic E-state index is 5.77. The summed E-state index contributed by atoms with van der Waals surface area (Å²) < 4.78 is 5.77. The molecule has 1 fully saturated rings. The summed E-state index contributed by atoms with van der Waals surface area (Å²) in [5.74, 6) is 0. The van der Waals surface area contributed by atoms with Crippen molar-refractivity contribution in [2.45, 2.75) is 45.3 Å². The lowest BCUT2D eigenvalue weighted by Crippen LogP contribution is -2.21. The predicted octanol–water partition coefficient (Wildman–Crippen LogP) is 2.50. The molecule has 0 spiro atoms. The first-order chi connectivity index (χ1) is 7.84. The first-order valence-corrected chi connectivity index (χ1v) is 6.96. The second kappa shape index (κ2) is 6.33. The van der Waals surface area contributed by atoms with Crippen LogP contribution in [0.2, 0.25) is 0 Å². The molecular weight excluding hydrogens is 220 g/mol. The van der Waals surface area contributed by atoms with Crippen LogP contribution in [0, 0.1) is 6.92 Å². The van der Waals surface area contributed by atoms with E-state index in [9.17, 15) is 0 Å². The van der Waals surface area contributed by atoms with Gasteiger partial charge < -0.3 is 10.1 Å². The Morgan fingerprint density at radius 2 is 2.31 bits per heavy atom. The van der Waals surface area contributed by atoms with E-state index in [2.05, 4.69) is 15.7 Å². The third-order valence-electron chi connectivity index (χ3n) is 2.88. The fourth-order valence-electron chi connectivity index (χ4n) is 2.03. The van der Waals surface area contributed by atoms with Gasteiger partial charge in [-0.25, -0.2) is 4.98 Å². The van der Waals surface area contributed by atoms with Crippen molar-refractivity contribution in [3.63, 3.8) is 0 Å². The topological polar surface area (TPSA) is 34.1 Å². The molecule has 1 aliphatic rings. The Bertz CT molecular complexity index is 308. The van der Waals surface area contributed by atoms with Crippen molar-refractivity contribution in [2.24, 2.45) is 0 Å². The molecule has 0 aromatic carbocycles. The van der Waals surface area contributed by atoms with E-state index in [-0.39, 0.29) is 0 Å². The Morgan fingerprint density at radius 1 is 1.50 bits per heavy atom. The van der Waals surface area contributed by atoms with Crippen LogP contribution < -0.4 is 5.32 Å². The average Bonchev–Trinajstić information content (AvgIpc) is 2.89. The van der Waals surface area contributed by atoms with E-state index in [0.29, 0.717) is 6.10 Å². The lowest BCUT2D eigenvalue weighted by Gasteiger charge is -2.10. The Balaban J connectivity index is 1.51. The van der Waals surface area contributed by atoms with E-state index in [1.807, 2.05) is 6.92 Å². The SMILES string of the molecule is Cc1csc(CNCCOC2CCCC2)n1. The summed E-state index contributed by atoms with van der Waals surface area (Å²) in [5, 5.41) is 6.62. The zero-order valence-electron chi connectivity index (χ0n) is 9.87. The van der Waals surface area contributed by atoms with Gasteiger partial charge in [0, 0.05) is 24.2 Å². The minimum atomic E-state index is 0.531. The minimum Gasteiger partial charge on any atom is -0.377 e. The third-order valence-corrected chi connectivity index (χ3v) is 3.84. The van der Waals surface area contributed by atoms with Gasteiger partial charge in [0.2, 0.25) is 0 Å². The number of ether oxygens (including phenoxy) is 1. The summed E-state index contributed by atoms with van der Waals surface area (Å²) >= 11 is 1.72. The molecule has 3 nitrogen and oxygen atoms in total. The molecule has 1 heterocycles. The normalized spacial score (nSPS) is 17.1. The molecule has 4 heteroatoms. The molecule has 0 bridgehead atoms. The van der Waals surface area contributed by atoms with Gasteiger partial charge in [0.25, 0.3) is 0 Å². The van der Waals surface area contributed by atoms with E-state index in [1.54, 1.807) is 11.3 Å². The molecule has 1 aliphatic carbocycles. The highest BCUT2D eigenvalue weighted by atomic mass is 32.1. The van der Waals surface area contributed by atoms with Crippen molar-refractivity contribution in [1.82, 2.24) is 10.3 Å². The molecular formula is C12H20N2OS. The van der Waals surface area contributed by atoms with Crippen molar-refractivity contribution in [2.75, 3.05) is 13.2 Å². The Kier molecular flexibility index (Phi) is 4.75. The van der Waals surface area contributed by atoms with Crippen LogP contribution in [0.1, 0.15) is 36.4 Å². The van der Waals surface area contributed by atoms with Crippen LogP contribution in [0.5, 0.6) is 0 Å². The number of rotatable bonds is 6. The number of aryl methyl sites for hydroxylation is 1. The van der Waals surface area contributed by atoms with Crippen molar-refractivity contribution in [3.8, 4) is 0 Å². The molecule has 0 radical (unpaired) electrons. The van der Waals surface area contributed by atoms with E-state index >= 15 is 0 Å². The molecule has 2 rings (SSSR count). The third kappa shape index (κ3) is 3.85. The first kappa shape index (κ1) is 12.0. The highest BCUT2D eigenvalue weighted by molar-refractivity contribution is 7.09. The van der Waals surface area contributed by atoms with Gasteiger partial charge in [0.15, 0.2) is 0 Å². The maximum Gasteiger partial charge on any atom is 0.107 e. The summed E-state index contributed by atoms with van der Waals surface area (Å²) in [7, 11) is 0. The van der Waals surface area contributed by atoms with Crippen LogP contribution >= 0.6 is 11.3 Å². The first-order valence-electron chi connectivity index (χ1n) is 6.08. The lowest BCUT2D eigenvalue weighted by molar-refractivity contribution is 0.0602. The van der Waals surface area contributed by atoms with Crippen LogP contribution in [-0.4, -0.2) is 24.2 Å². The summed E-state index contributed by atoms with van der Waals surface area (Å²) in [6, 6.07) is 0. The largest absolute Gasteiger partial charge is 0.377 e. The number of thiazole rings is 1. The second-order valence-electron chi connectivity index (χ2n) is 4.34. The highest BCUT2D eigenvalue weighted by Crippen LogP contribution is 2.20. The molecule has 0 unspecified atom stereocenters. The van der Waals surface area contributed by atoms with Crippen molar-refractivity contribution in [3.05, 3.63) is 16.1 Å². The standard InChI is InChI=1S/C12H20N2OS/c1-10-9-16-12(14-10)8-13-6-7-15-11-4-2-3-5-11/h9,11,13H,2-8H2,1H3. The summed E-state index contributed by atoms with van der Waals surface area (Å²) in [6.45, 7) is 4.65. The highest BCUT2D eigenvalue weighted by Gasteiger charge is 2.14. The van der Waals surface area contributed by atoms with Gasteiger partial charge in [-0.1, -0.05) is 12.8 Å². The minimum absolute atomic E-state index is 0.531. The fraction of sp³-hybridized carbons (Fsp3) is 0.750. The number of nitrogens with zero attached hydrogens (tertiary/aromatic N) is 1. The number of hydrogen-bond donors (Lipinski definition) is 1. The molecule has 0 aliphatic heterocycles. The molecule has 16 heavy (non-hydrogen) atoms. The zero-order valence-corrected chi connectivity index (χ0v) is 10.7. The van der Waals surface area contributed by atoms with Crippen LogP contribution in [0.15, 0.2) is 5.38 Å². The van der Waals surface area contributed by atoms with Crippen molar-refractivity contribution >= 4 is 11.3 Å². The number of nitrogens with one attached hydrogen (secondary N) is 1. The Hall–Kier alpha value is -0.450. The lowest BCUT2D eigenvalue weighted by atomic mass is 10.3. The predicted molar refractivity (Wildman–Crippen MR) is 66.8 cm³/mol. The summed E-state index contributed by atoms with van der Waals surface area (Å²) in [4.78, 5) is 4.40. The molecule has 0 amide bonds. The zero-order chi connectivity index (χ0) is 11.2. The molecule has 0 atom stereocenters. The monoisotopic (exact) mass is 240 g/mol. The second-order valence-corrected chi connectivity index (χ2v) is 5.28. The quantitative estimate of drug-likeness (QED) is 0.776. The van der Waals surface area contributed by atoms with Gasteiger partial charge in [-0.05, 0) is 19.8 Å². The molecule has 1 aromatic rings. The van der Waals surface area contributed by atoms with Crippen LogP contribution in [0.4, 0.5) is 0 Å². The van der Waals surface area contributed by atoms with E-state index in [1.165, 1.54) is 30.7 Å². The fourth-order valence-corrected chi connectivity index (χ4v) is 2.77. The van der Waals surface area contributed by atoms with Crippen LogP contribution in [0.25, 0.3) is 0 Å². The number of aromatic nitrogens is 1. The summed E-state index contributed by atoms with van der Waals surface area (Å²) in [5.41, 5.74) is 1.11. The molecule has 1 N–H and O–H groups in total. The molecule has 1 aromatic heterocycles. The van der Waals surface area contributed by atoms with Gasteiger partial charge in [0.1, 0.15) is 5.01 Å². The van der Waals surface area contributed by atoms with Crippen molar-refractivity contribution < 1.29 is 4.74 Å². The van der Waals surface area contributed by atoms with E-state index < -0.39 is 0 Å². The van der Waals surface area contributed by atoms with Gasteiger partial charge >= 0.3 is 0 Å². The Morgan fingerprint density at radius 3 is 3.00 bits per heavy atom. The van der Waals surface area contributed by atoms with Gasteiger partial charge in [-0.15, -0.1) is 11.3 Å². The van der Waals surface area contributed by atoms with Crippen LogP contribution in [-0.2, 0) is 11.3 Å².